The van der Waals surface area contributed by atoms with E-state index in [1.54, 1.807) is 11.5 Å². The second kappa shape index (κ2) is 6.48. The van der Waals surface area contributed by atoms with Gasteiger partial charge in [-0.15, -0.1) is 0 Å². The van der Waals surface area contributed by atoms with E-state index in [2.05, 4.69) is 45.9 Å². The molecule has 0 spiro atoms. The maximum Gasteiger partial charge on any atom is 3.00 e. The Bertz CT molecular complexity index is 370. The molecule has 1 aliphatic carbocycles. The summed E-state index contributed by atoms with van der Waals surface area (Å²) in [6, 6.07) is 6.93. The predicted molar refractivity (Wildman–Crippen MR) is 70.6 cm³/mol. The first-order valence-electron chi connectivity index (χ1n) is 6.47. The molecule has 2 atom stereocenters. The van der Waals surface area contributed by atoms with Crippen LogP contribution in [0.3, 0.4) is 0 Å². The van der Waals surface area contributed by atoms with Crippen LogP contribution in [0.15, 0.2) is 18.2 Å². The molecule has 1 saturated carbocycles. The van der Waals surface area contributed by atoms with Gasteiger partial charge in [0.1, 0.15) is 0 Å². The van der Waals surface area contributed by atoms with Gasteiger partial charge >= 0.3 is 32.7 Å². The Labute approximate surface area is 131 Å². The van der Waals surface area contributed by atoms with E-state index in [1.165, 1.54) is 30.4 Å². The predicted octanol–water partition coefficient (Wildman–Crippen LogP) is 4.80. The topological polar surface area (TPSA) is 0 Å². The molecule has 1 aromatic carbocycles. The molecule has 0 nitrogen and oxygen atoms in total. The average molecular weight is 304 g/mol. The zero-order valence-electron chi connectivity index (χ0n) is 11.6. The number of hydrogen-bond donors (Lipinski definition) is 0. The van der Waals surface area contributed by atoms with Gasteiger partial charge in [0, 0.05) is 0 Å². The van der Waals surface area contributed by atoms with Crippen molar-refractivity contribution in [2.45, 2.75) is 52.9 Å². The van der Waals surface area contributed by atoms with Crippen molar-refractivity contribution in [3.05, 3.63) is 40.8 Å². The molecular weight excluding hydrogens is 281 g/mol. The Morgan fingerprint density at radius 3 is 2.47 bits per heavy atom. The van der Waals surface area contributed by atoms with Gasteiger partial charge in [0.05, 0.1) is 0 Å². The third-order valence-corrected chi connectivity index (χ3v) is 4.22. The molecule has 1 heteroatoms. The van der Waals surface area contributed by atoms with Crippen LogP contribution in [-0.2, 0) is 32.7 Å². The van der Waals surface area contributed by atoms with Crippen molar-refractivity contribution < 1.29 is 32.7 Å². The van der Waals surface area contributed by atoms with Gasteiger partial charge in [-0.3, -0.25) is 0 Å². The molecule has 88 valence electrons. The van der Waals surface area contributed by atoms with Crippen LogP contribution in [-0.4, -0.2) is 0 Å². The van der Waals surface area contributed by atoms with E-state index in [0.717, 1.165) is 11.8 Å². The smallest absolute Gasteiger partial charge is 0.313 e. The summed E-state index contributed by atoms with van der Waals surface area (Å²) in [7, 11) is 0. The van der Waals surface area contributed by atoms with Gasteiger partial charge in [-0.2, -0.15) is 19.3 Å². The quantitative estimate of drug-likeness (QED) is 0.654. The van der Waals surface area contributed by atoms with Crippen molar-refractivity contribution in [2.75, 3.05) is 0 Å². The van der Waals surface area contributed by atoms with E-state index in [9.17, 15) is 0 Å². The first-order chi connectivity index (χ1) is 7.58. The molecular formula is C16H23Y+2. The number of benzene rings is 1. The van der Waals surface area contributed by atoms with Gasteiger partial charge in [-0.1, -0.05) is 43.5 Å². The van der Waals surface area contributed by atoms with Crippen LogP contribution >= 0.6 is 0 Å². The second-order valence-electron chi connectivity index (χ2n) is 5.59. The zero-order valence-corrected chi connectivity index (χ0v) is 14.4. The van der Waals surface area contributed by atoms with E-state index >= 15 is 0 Å². The standard InChI is InChI=1S/C16H23.Y/c1-11-5-8-16(14(4)9-11)15-7-6-12(2)13(3)10-15;/h5,8-9,12,15H,6-7,10H2,1-4H3;/q-1;+3. The Morgan fingerprint density at radius 2 is 1.88 bits per heavy atom. The van der Waals surface area contributed by atoms with Crippen LogP contribution in [0.4, 0.5) is 0 Å². The van der Waals surface area contributed by atoms with Crippen molar-refractivity contribution in [1.29, 1.82) is 0 Å². The molecule has 2 rings (SSSR count). The molecule has 0 aromatic heterocycles. The summed E-state index contributed by atoms with van der Waals surface area (Å²) in [5.41, 5.74) is 4.44. The van der Waals surface area contributed by atoms with Gasteiger partial charge in [0.25, 0.3) is 0 Å². The first-order valence-corrected chi connectivity index (χ1v) is 6.47. The summed E-state index contributed by atoms with van der Waals surface area (Å²) < 4.78 is 0. The molecule has 0 saturated heterocycles. The fraction of sp³-hybridized carbons (Fsp3) is 0.562. The molecule has 0 heterocycles. The molecule has 1 fully saturated rings. The number of rotatable bonds is 1. The minimum absolute atomic E-state index is 0. The summed E-state index contributed by atoms with van der Waals surface area (Å²) in [6.45, 7) is 9.14. The Kier molecular flexibility index (Phi) is 5.86. The van der Waals surface area contributed by atoms with Crippen molar-refractivity contribution in [1.82, 2.24) is 0 Å². The largest absolute Gasteiger partial charge is 3.00 e. The van der Waals surface area contributed by atoms with Crippen LogP contribution in [0.2, 0.25) is 0 Å². The zero-order chi connectivity index (χ0) is 11.7. The summed E-state index contributed by atoms with van der Waals surface area (Å²) in [5.74, 6) is 3.30. The summed E-state index contributed by atoms with van der Waals surface area (Å²) in [5, 5.41) is 0. The molecule has 0 bridgehead atoms. The van der Waals surface area contributed by atoms with Crippen LogP contribution in [0.5, 0.6) is 0 Å². The van der Waals surface area contributed by atoms with Crippen LogP contribution in [0.1, 0.15) is 55.7 Å². The maximum atomic E-state index is 2.37. The van der Waals surface area contributed by atoms with E-state index in [1.807, 2.05) is 0 Å². The molecule has 2 unspecified atom stereocenters. The minimum Gasteiger partial charge on any atom is -0.313 e. The van der Waals surface area contributed by atoms with E-state index < -0.39 is 0 Å². The van der Waals surface area contributed by atoms with Gasteiger partial charge in [-0.05, 0) is 30.9 Å². The summed E-state index contributed by atoms with van der Waals surface area (Å²) >= 11 is 0. The van der Waals surface area contributed by atoms with Gasteiger partial charge in [-0.25, -0.2) is 0 Å². The Hall–Kier alpha value is 0.324. The molecule has 0 radical (unpaired) electrons. The molecule has 0 aliphatic heterocycles. The van der Waals surface area contributed by atoms with E-state index in [4.69, 9.17) is 0 Å². The monoisotopic (exact) mass is 304 g/mol. The molecule has 0 amide bonds. The third-order valence-electron chi connectivity index (χ3n) is 4.22. The first kappa shape index (κ1) is 15.4. The fourth-order valence-electron chi connectivity index (χ4n) is 2.94. The Balaban J connectivity index is 0.00000144. The van der Waals surface area contributed by atoms with Crippen molar-refractivity contribution in [3.8, 4) is 0 Å². The number of hydrogen-bond acceptors (Lipinski definition) is 0. The van der Waals surface area contributed by atoms with Gasteiger partial charge < -0.3 is 5.92 Å². The molecule has 0 N–H and O–H groups in total. The summed E-state index contributed by atoms with van der Waals surface area (Å²) in [6.07, 6.45) is 4.03. The van der Waals surface area contributed by atoms with Crippen molar-refractivity contribution in [2.24, 2.45) is 5.92 Å². The second-order valence-corrected chi connectivity index (χ2v) is 5.59. The van der Waals surface area contributed by atoms with Crippen LogP contribution in [0, 0.1) is 25.7 Å². The average Bonchev–Trinajstić information content (AvgIpc) is 2.22. The molecule has 17 heavy (non-hydrogen) atoms. The van der Waals surface area contributed by atoms with Gasteiger partial charge in [0.15, 0.2) is 0 Å². The molecule has 1 aliphatic rings. The van der Waals surface area contributed by atoms with Crippen molar-refractivity contribution >= 4 is 0 Å². The summed E-state index contributed by atoms with van der Waals surface area (Å²) in [4.78, 5) is 0. The number of aryl methyl sites for hydroxylation is 2. The van der Waals surface area contributed by atoms with Crippen LogP contribution in [0.25, 0.3) is 0 Å². The van der Waals surface area contributed by atoms with Gasteiger partial charge in [0.2, 0.25) is 0 Å². The minimum atomic E-state index is 0. The van der Waals surface area contributed by atoms with E-state index in [-0.39, 0.29) is 32.7 Å². The van der Waals surface area contributed by atoms with Crippen LogP contribution < -0.4 is 0 Å². The van der Waals surface area contributed by atoms with Crippen molar-refractivity contribution in [3.63, 3.8) is 0 Å². The Morgan fingerprint density at radius 1 is 1.18 bits per heavy atom. The maximum absolute atomic E-state index is 2.37. The SMILES string of the molecule is Cc1ccc(C2CCC(C)[C-](C)C2)c(C)c1.[Y+3]. The molecule has 1 aromatic rings. The normalized spacial score (nSPS) is 25.4. The van der Waals surface area contributed by atoms with E-state index in [0.29, 0.717) is 0 Å². The fourth-order valence-corrected chi connectivity index (χ4v) is 2.94. The third kappa shape index (κ3) is 3.64.